The van der Waals surface area contributed by atoms with Crippen molar-refractivity contribution in [2.45, 2.75) is 38.8 Å². The maximum absolute atomic E-state index is 12.3. The van der Waals surface area contributed by atoms with Crippen molar-refractivity contribution in [3.8, 4) is 0 Å². The molecule has 1 aliphatic carbocycles. The van der Waals surface area contributed by atoms with Gasteiger partial charge >= 0.3 is 15.6 Å². The molecular weight excluding hydrogens is 285 g/mol. The summed E-state index contributed by atoms with van der Waals surface area (Å²) in [7, 11) is -5.61. The van der Waals surface area contributed by atoms with Gasteiger partial charge in [-0.2, -0.15) is 21.6 Å². The summed E-state index contributed by atoms with van der Waals surface area (Å²) in [6, 6.07) is 0. The first kappa shape index (κ1) is 16.3. The molecule has 0 heterocycles. The van der Waals surface area contributed by atoms with Crippen molar-refractivity contribution < 1.29 is 30.5 Å². The Kier molecular flexibility index (Phi) is 4.89. The predicted molar refractivity (Wildman–Crippen MR) is 62.5 cm³/mol. The average molecular weight is 302 g/mol. The summed E-state index contributed by atoms with van der Waals surface area (Å²) in [4.78, 5) is 0. The molecule has 0 N–H and O–H groups in total. The highest BCUT2D eigenvalue weighted by molar-refractivity contribution is 7.87. The van der Waals surface area contributed by atoms with E-state index in [2.05, 4.69) is 4.18 Å². The van der Waals surface area contributed by atoms with Crippen LogP contribution < -0.4 is 0 Å². The minimum atomic E-state index is -5.61. The Morgan fingerprint density at radius 1 is 1.32 bits per heavy atom. The first-order valence-electron chi connectivity index (χ1n) is 5.98. The summed E-state index contributed by atoms with van der Waals surface area (Å²) < 4.78 is 68.6. The van der Waals surface area contributed by atoms with Gasteiger partial charge in [-0.05, 0) is 19.4 Å². The van der Waals surface area contributed by atoms with Crippen LogP contribution in [0.3, 0.4) is 0 Å². The molecule has 0 radical (unpaired) electrons. The van der Waals surface area contributed by atoms with Crippen LogP contribution in [-0.4, -0.2) is 26.6 Å². The highest BCUT2D eigenvalue weighted by Gasteiger charge is 2.50. The molecule has 1 unspecified atom stereocenters. The van der Waals surface area contributed by atoms with E-state index in [1.54, 1.807) is 20.8 Å². The minimum absolute atomic E-state index is 0.175. The van der Waals surface area contributed by atoms with E-state index in [1.165, 1.54) is 6.08 Å². The third kappa shape index (κ3) is 3.42. The lowest BCUT2D eigenvalue weighted by Gasteiger charge is -2.23. The normalized spacial score (nSPS) is 28.3. The fourth-order valence-electron chi connectivity index (χ4n) is 2.16. The Labute approximate surface area is 110 Å². The molecule has 0 aliphatic heterocycles. The lowest BCUT2D eigenvalue weighted by molar-refractivity contribution is -0.0536. The van der Waals surface area contributed by atoms with Gasteiger partial charge in [0.1, 0.15) is 5.76 Å². The molecule has 0 aromatic heterocycles. The first-order valence-corrected chi connectivity index (χ1v) is 7.38. The van der Waals surface area contributed by atoms with Crippen molar-refractivity contribution in [1.29, 1.82) is 0 Å². The summed E-state index contributed by atoms with van der Waals surface area (Å²) in [5.74, 6) is -0.846. The van der Waals surface area contributed by atoms with Crippen LogP contribution in [0, 0.1) is 11.8 Å². The van der Waals surface area contributed by atoms with E-state index in [9.17, 15) is 21.6 Å². The van der Waals surface area contributed by atoms with Crippen molar-refractivity contribution in [3.63, 3.8) is 0 Å². The number of hydrogen-bond donors (Lipinski definition) is 0. The van der Waals surface area contributed by atoms with Gasteiger partial charge in [-0.25, -0.2) is 0 Å². The Morgan fingerprint density at radius 2 is 1.89 bits per heavy atom. The van der Waals surface area contributed by atoms with Crippen molar-refractivity contribution in [3.05, 3.63) is 11.8 Å². The Bertz CT molecular complexity index is 441. The third-order valence-corrected chi connectivity index (χ3v) is 3.97. The zero-order valence-corrected chi connectivity index (χ0v) is 11.7. The van der Waals surface area contributed by atoms with Gasteiger partial charge in [0, 0.05) is 18.4 Å². The van der Waals surface area contributed by atoms with Gasteiger partial charge in [0.2, 0.25) is 0 Å². The molecule has 0 spiro atoms. The third-order valence-electron chi connectivity index (χ3n) is 3.00. The van der Waals surface area contributed by atoms with Gasteiger partial charge in [-0.15, -0.1) is 0 Å². The quantitative estimate of drug-likeness (QED) is 0.579. The molecule has 0 saturated heterocycles. The molecule has 0 fully saturated rings. The average Bonchev–Trinajstić information content (AvgIpc) is 2.53. The zero-order chi connectivity index (χ0) is 14.8. The van der Waals surface area contributed by atoms with Crippen LogP contribution >= 0.6 is 0 Å². The van der Waals surface area contributed by atoms with Gasteiger partial charge in [0.15, 0.2) is 0 Å². The summed E-state index contributed by atoms with van der Waals surface area (Å²) in [6.45, 7) is 5.66. The number of halogens is 3. The molecule has 4 nitrogen and oxygen atoms in total. The Balaban J connectivity index is 2.93. The monoisotopic (exact) mass is 302 g/mol. The second-order valence-corrected chi connectivity index (χ2v) is 5.88. The highest BCUT2D eigenvalue weighted by atomic mass is 32.2. The van der Waals surface area contributed by atoms with E-state index in [-0.39, 0.29) is 17.8 Å². The Hall–Kier alpha value is -0.760. The van der Waals surface area contributed by atoms with Crippen LogP contribution in [0.1, 0.15) is 27.2 Å². The van der Waals surface area contributed by atoms with E-state index < -0.39 is 21.5 Å². The number of alkyl halides is 3. The second-order valence-electron chi connectivity index (χ2n) is 4.35. The van der Waals surface area contributed by atoms with Crippen LogP contribution in [0.5, 0.6) is 0 Å². The molecule has 19 heavy (non-hydrogen) atoms. The number of ether oxygens (including phenoxy) is 1. The summed E-state index contributed by atoms with van der Waals surface area (Å²) in [5, 5.41) is 0. The number of hydrogen-bond acceptors (Lipinski definition) is 4. The van der Waals surface area contributed by atoms with Gasteiger partial charge in [-0.3, -0.25) is 0 Å². The minimum Gasteiger partial charge on any atom is -0.381 e. The fourth-order valence-corrected chi connectivity index (χ4v) is 2.69. The molecule has 8 heteroatoms. The second kappa shape index (κ2) is 5.70. The lowest BCUT2D eigenvalue weighted by atomic mass is 9.97. The van der Waals surface area contributed by atoms with Crippen LogP contribution in [0.2, 0.25) is 0 Å². The van der Waals surface area contributed by atoms with E-state index in [1.807, 2.05) is 0 Å². The molecule has 3 atom stereocenters. The molecule has 0 bridgehead atoms. The summed E-state index contributed by atoms with van der Waals surface area (Å²) in [5.41, 5.74) is -5.42. The maximum Gasteiger partial charge on any atom is 0.534 e. The molecule has 112 valence electrons. The maximum atomic E-state index is 12.3. The van der Waals surface area contributed by atoms with E-state index in [4.69, 9.17) is 4.74 Å². The molecule has 0 saturated carbocycles. The first-order chi connectivity index (χ1) is 8.64. The van der Waals surface area contributed by atoms with Gasteiger partial charge in [-0.1, -0.05) is 13.8 Å². The van der Waals surface area contributed by atoms with E-state index in [0.29, 0.717) is 13.0 Å². The van der Waals surface area contributed by atoms with Crippen molar-refractivity contribution in [2.75, 3.05) is 6.61 Å². The number of rotatable bonds is 5. The molecule has 1 aliphatic rings. The van der Waals surface area contributed by atoms with Gasteiger partial charge in [0.25, 0.3) is 0 Å². The van der Waals surface area contributed by atoms with Crippen molar-refractivity contribution >= 4 is 10.1 Å². The molecule has 1 rings (SSSR count). The van der Waals surface area contributed by atoms with Crippen LogP contribution in [0.4, 0.5) is 13.2 Å². The summed E-state index contributed by atoms with van der Waals surface area (Å²) in [6.07, 6.45) is 1.47. The van der Waals surface area contributed by atoms with Crippen molar-refractivity contribution in [1.82, 2.24) is 0 Å². The highest BCUT2D eigenvalue weighted by Crippen LogP contribution is 2.38. The summed E-state index contributed by atoms with van der Waals surface area (Å²) >= 11 is 0. The molecule has 0 aromatic rings. The van der Waals surface area contributed by atoms with Crippen LogP contribution in [-0.2, 0) is 19.0 Å². The van der Waals surface area contributed by atoms with Crippen LogP contribution in [0.15, 0.2) is 11.8 Å². The topological polar surface area (TPSA) is 52.6 Å². The fraction of sp³-hybridized carbons (Fsp3) is 0.818. The zero-order valence-electron chi connectivity index (χ0n) is 10.9. The predicted octanol–water partition coefficient (Wildman–Crippen LogP) is 2.82. The molecule has 0 amide bonds. The smallest absolute Gasteiger partial charge is 0.381 e. The Morgan fingerprint density at radius 3 is 2.32 bits per heavy atom. The lowest BCUT2D eigenvalue weighted by Crippen LogP contribution is -2.29. The van der Waals surface area contributed by atoms with Crippen molar-refractivity contribution in [2.24, 2.45) is 11.8 Å². The van der Waals surface area contributed by atoms with E-state index >= 15 is 0 Å². The SMILES string of the molecule is CCOC1[C@@H](C)C=C(OS(=O)(=O)C(F)(F)F)[C@@H]1CC. The van der Waals surface area contributed by atoms with Gasteiger partial charge in [0.05, 0.1) is 6.10 Å². The molecular formula is C11H17F3O4S. The van der Waals surface area contributed by atoms with E-state index in [0.717, 1.165) is 0 Å². The molecule has 0 aromatic carbocycles. The van der Waals surface area contributed by atoms with Crippen LogP contribution in [0.25, 0.3) is 0 Å². The largest absolute Gasteiger partial charge is 0.534 e. The standard InChI is InChI=1S/C11H17F3O4S/c1-4-8-9(6-7(3)10(8)17-5-2)18-19(15,16)11(12,13)14/h6-8,10H,4-5H2,1-3H3/t7-,8-,10?/m0/s1. The van der Waals surface area contributed by atoms with Gasteiger partial charge < -0.3 is 8.92 Å².